The van der Waals surface area contributed by atoms with Crippen LogP contribution in [0.4, 0.5) is 0 Å². The van der Waals surface area contributed by atoms with Crippen LogP contribution in [0.1, 0.15) is 50.6 Å². The van der Waals surface area contributed by atoms with E-state index in [1.807, 2.05) is 12.3 Å². The van der Waals surface area contributed by atoms with Gasteiger partial charge in [-0.1, -0.05) is 44.4 Å². The molecule has 0 amide bonds. The maximum atomic E-state index is 5.89. The molecule has 112 valence electrons. The highest BCUT2D eigenvalue weighted by atomic mass is 15.2. The van der Waals surface area contributed by atoms with E-state index in [1.54, 1.807) is 0 Å². The maximum absolute atomic E-state index is 5.89. The zero-order valence-corrected chi connectivity index (χ0v) is 12.8. The van der Waals surface area contributed by atoms with Gasteiger partial charge in [-0.25, -0.2) is 0 Å². The van der Waals surface area contributed by atoms with Crippen LogP contribution < -0.4 is 11.3 Å². The molecule has 3 rings (SSSR count). The van der Waals surface area contributed by atoms with Crippen LogP contribution in [0.3, 0.4) is 0 Å². The van der Waals surface area contributed by atoms with Gasteiger partial charge < -0.3 is 0 Å². The molecule has 3 unspecified atom stereocenters. The Hall–Kier alpha value is -1.45. The fourth-order valence-corrected chi connectivity index (χ4v) is 3.77. The summed E-state index contributed by atoms with van der Waals surface area (Å²) >= 11 is 0. The lowest BCUT2D eigenvalue weighted by molar-refractivity contribution is 0.210. The molecule has 0 saturated heterocycles. The SMILES string of the molecule is CCC1CCCC(C(NN)c2cnc3ccccc3c2)C1. The Balaban J connectivity index is 1.86. The highest BCUT2D eigenvalue weighted by Gasteiger charge is 2.28. The monoisotopic (exact) mass is 283 g/mol. The van der Waals surface area contributed by atoms with E-state index in [0.717, 1.165) is 11.4 Å². The Bertz CT molecular complexity index is 596. The number of hydrazine groups is 1. The van der Waals surface area contributed by atoms with E-state index in [9.17, 15) is 0 Å². The summed E-state index contributed by atoms with van der Waals surface area (Å²) < 4.78 is 0. The summed E-state index contributed by atoms with van der Waals surface area (Å²) in [5, 5.41) is 1.19. The average Bonchev–Trinajstić information content (AvgIpc) is 2.56. The van der Waals surface area contributed by atoms with E-state index < -0.39 is 0 Å². The van der Waals surface area contributed by atoms with Gasteiger partial charge in [0.1, 0.15) is 0 Å². The molecule has 1 fully saturated rings. The van der Waals surface area contributed by atoms with Gasteiger partial charge >= 0.3 is 0 Å². The van der Waals surface area contributed by atoms with E-state index in [2.05, 4.69) is 41.6 Å². The minimum atomic E-state index is 0.219. The number of hydrogen-bond donors (Lipinski definition) is 2. The summed E-state index contributed by atoms with van der Waals surface area (Å²) in [5.74, 6) is 7.37. The van der Waals surface area contributed by atoms with Crippen LogP contribution in [0, 0.1) is 11.8 Å². The van der Waals surface area contributed by atoms with Crippen molar-refractivity contribution in [2.75, 3.05) is 0 Å². The third-order valence-electron chi connectivity index (χ3n) is 5.02. The molecule has 1 aliphatic carbocycles. The maximum Gasteiger partial charge on any atom is 0.0702 e. The van der Waals surface area contributed by atoms with E-state index in [0.29, 0.717) is 5.92 Å². The second kappa shape index (κ2) is 6.54. The standard InChI is InChI=1S/C18H25N3/c1-2-13-6-5-8-15(10-13)18(21-19)16-11-14-7-3-4-9-17(14)20-12-16/h3-4,7,9,11-13,15,18,21H,2,5-6,8,10,19H2,1H3. The molecular formula is C18H25N3. The van der Waals surface area contributed by atoms with Crippen LogP contribution in [-0.4, -0.2) is 4.98 Å². The molecular weight excluding hydrogens is 258 g/mol. The normalized spacial score (nSPS) is 24.1. The van der Waals surface area contributed by atoms with Crippen molar-refractivity contribution in [1.82, 2.24) is 10.4 Å². The van der Waals surface area contributed by atoms with Gasteiger partial charge in [-0.15, -0.1) is 0 Å². The molecule has 1 aromatic heterocycles. The van der Waals surface area contributed by atoms with Gasteiger partial charge in [0.05, 0.1) is 11.6 Å². The second-order valence-corrected chi connectivity index (χ2v) is 6.31. The average molecular weight is 283 g/mol. The molecule has 2 aromatic rings. The van der Waals surface area contributed by atoms with Crippen molar-refractivity contribution in [3.8, 4) is 0 Å². The highest BCUT2D eigenvalue weighted by Crippen LogP contribution is 2.38. The van der Waals surface area contributed by atoms with Crippen molar-refractivity contribution in [3.05, 3.63) is 42.1 Å². The molecule has 0 bridgehead atoms. The predicted molar refractivity (Wildman–Crippen MR) is 87.5 cm³/mol. The van der Waals surface area contributed by atoms with E-state index in [4.69, 9.17) is 5.84 Å². The Morgan fingerprint density at radius 3 is 3.00 bits per heavy atom. The minimum Gasteiger partial charge on any atom is -0.271 e. The van der Waals surface area contributed by atoms with Gasteiger partial charge in [-0.2, -0.15) is 0 Å². The first kappa shape index (κ1) is 14.5. The van der Waals surface area contributed by atoms with Crippen LogP contribution >= 0.6 is 0 Å². The number of pyridine rings is 1. The number of benzene rings is 1. The summed E-state index contributed by atoms with van der Waals surface area (Å²) in [6.07, 6.45) is 8.51. The lowest BCUT2D eigenvalue weighted by atomic mass is 9.75. The minimum absolute atomic E-state index is 0.219. The summed E-state index contributed by atoms with van der Waals surface area (Å²) in [7, 11) is 0. The van der Waals surface area contributed by atoms with Crippen molar-refractivity contribution in [1.29, 1.82) is 0 Å². The third-order valence-corrected chi connectivity index (χ3v) is 5.02. The molecule has 0 spiro atoms. The van der Waals surface area contributed by atoms with Crippen LogP contribution in [0.5, 0.6) is 0 Å². The molecule has 21 heavy (non-hydrogen) atoms. The first-order valence-electron chi connectivity index (χ1n) is 8.12. The van der Waals surface area contributed by atoms with Crippen molar-refractivity contribution >= 4 is 10.9 Å². The first-order valence-corrected chi connectivity index (χ1v) is 8.12. The highest BCUT2D eigenvalue weighted by molar-refractivity contribution is 5.78. The van der Waals surface area contributed by atoms with Crippen LogP contribution in [0.25, 0.3) is 10.9 Å². The fraction of sp³-hybridized carbons (Fsp3) is 0.500. The predicted octanol–water partition coefficient (Wildman–Crippen LogP) is 3.96. The number of aromatic nitrogens is 1. The molecule has 0 radical (unpaired) electrons. The van der Waals surface area contributed by atoms with Crippen molar-refractivity contribution in [2.24, 2.45) is 17.7 Å². The fourth-order valence-electron chi connectivity index (χ4n) is 3.77. The topological polar surface area (TPSA) is 50.9 Å². The molecule has 1 aliphatic rings. The smallest absolute Gasteiger partial charge is 0.0702 e. The summed E-state index contributed by atoms with van der Waals surface area (Å²) in [5.41, 5.74) is 5.33. The largest absolute Gasteiger partial charge is 0.271 e. The van der Waals surface area contributed by atoms with Gasteiger partial charge in [0.2, 0.25) is 0 Å². The first-order chi connectivity index (χ1) is 10.3. The number of rotatable bonds is 4. The van der Waals surface area contributed by atoms with Gasteiger partial charge in [0.15, 0.2) is 0 Å². The molecule has 1 saturated carbocycles. The van der Waals surface area contributed by atoms with Gasteiger partial charge in [-0.3, -0.25) is 16.3 Å². The van der Waals surface area contributed by atoms with Crippen LogP contribution in [0.15, 0.2) is 36.5 Å². The Morgan fingerprint density at radius 2 is 2.19 bits per heavy atom. The van der Waals surface area contributed by atoms with Gasteiger partial charge in [0.25, 0.3) is 0 Å². The second-order valence-electron chi connectivity index (χ2n) is 6.31. The van der Waals surface area contributed by atoms with Gasteiger partial charge in [-0.05, 0) is 42.4 Å². The summed E-state index contributed by atoms with van der Waals surface area (Å²) in [4.78, 5) is 4.59. The zero-order valence-electron chi connectivity index (χ0n) is 12.8. The van der Waals surface area contributed by atoms with E-state index in [1.165, 1.54) is 43.1 Å². The van der Waals surface area contributed by atoms with Crippen LogP contribution in [0.2, 0.25) is 0 Å². The Morgan fingerprint density at radius 1 is 1.33 bits per heavy atom. The summed E-state index contributed by atoms with van der Waals surface area (Å²) in [6, 6.07) is 10.7. The quantitative estimate of drug-likeness (QED) is 0.659. The summed E-state index contributed by atoms with van der Waals surface area (Å²) in [6.45, 7) is 2.30. The third kappa shape index (κ3) is 3.09. The lowest BCUT2D eigenvalue weighted by Gasteiger charge is -2.34. The molecule has 3 N–H and O–H groups in total. The Kier molecular flexibility index (Phi) is 4.51. The van der Waals surface area contributed by atoms with Crippen molar-refractivity contribution < 1.29 is 0 Å². The zero-order chi connectivity index (χ0) is 14.7. The number of nitrogens with one attached hydrogen (secondary N) is 1. The van der Waals surface area contributed by atoms with E-state index in [-0.39, 0.29) is 6.04 Å². The molecule has 3 heteroatoms. The van der Waals surface area contributed by atoms with Gasteiger partial charge in [0, 0.05) is 11.6 Å². The molecule has 0 aliphatic heterocycles. The molecule has 3 nitrogen and oxygen atoms in total. The number of nitrogens with zero attached hydrogens (tertiary/aromatic N) is 1. The Labute approximate surface area is 126 Å². The lowest BCUT2D eigenvalue weighted by Crippen LogP contribution is -2.35. The number of nitrogens with two attached hydrogens (primary N) is 1. The molecule has 3 atom stereocenters. The van der Waals surface area contributed by atoms with Crippen molar-refractivity contribution in [3.63, 3.8) is 0 Å². The number of para-hydroxylation sites is 1. The van der Waals surface area contributed by atoms with Crippen molar-refractivity contribution in [2.45, 2.75) is 45.1 Å². The van der Waals surface area contributed by atoms with Crippen LogP contribution in [-0.2, 0) is 0 Å². The molecule has 1 heterocycles. The van der Waals surface area contributed by atoms with E-state index >= 15 is 0 Å². The number of hydrogen-bond acceptors (Lipinski definition) is 3. The number of fused-ring (bicyclic) bond motifs is 1. The molecule has 1 aromatic carbocycles.